The lowest BCUT2D eigenvalue weighted by Crippen LogP contribution is -2.19. The van der Waals surface area contributed by atoms with E-state index in [4.69, 9.17) is 0 Å². The average molecular weight is 307 g/mol. The zero-order chi connectivity index (χ0) is 14.1. The van der Waals surface area contributed by atoms with E-state index in [1.165, 1.54) is 23.9 Å². The highest BCUT2D eigenvalue weighted by molar-refractivity contribution is 8.14. The number of hydrogen-bond acceptors (Lipinski definition) is 4. The van der Waals surface area contributed by atoms with Gasteiger partial charge in [-0.1, -0.05) is 11.8 Å². The van der Waals surface area contributed by atoms with Gasteiger partial charge >= 0.3 is 0 Å². The first-order chi connectivity index (χ1) is 9.61. The second kappa shape index (κ2) is 5.34. The van der Waals surface area contributed by atoms with E-state index in [0.717, 1.165) is 11.3 Å². The van der Waals surface area contributed by atoms with Crippen LogP contribution in [0.25, 0.3) is 11.8 Å². The van der Waals surface area contributed by atoms with Crippen molar-refractivity contribution in [3.8, 4) is 5.69 Å². The third-order valence-electron chi connectivity index (χ3n) is 2.71. The van der Waals surface area contributed by atoms with Crippen molar-refractivity contribution in [1.29, 1.82) is 0 Å². The molecule has 1 atom stereocenters. The molecule has 1 N–H and O–H groups in total. The van der Waals surface area contributed by atoms with E-state index in [0.29, 0.717) is 4.91 Å². The average Bonchev–Trinajstić information content (AvgIpc) is 2.98. The monoisotopic (exact) mass is 307 g/mol. The van der Waals surface area contributed by atoms with Crippen molar-refractivity contribution in [2.24, 2.45) is 0 Å². The van der Waals surface area contributed by atoms with Crippen LogP contribution in [0, 0.1) is 5.82 Å². The fraction of sp³-hybridized carbons (Fsp3) is 0.0769. The van der Waals surface area contributed by atoms with Gasteiger partial charge in [-0.25, -0.2) is 9.07 Å². The van der Waals surface area contributed by atoms with Gasteiger partial charge in [0, 0.05) is 11.8 Å². The first-order valence-corrected chi connectivity index (χ1v) is 7.19. The molecule has 1 unspecified atom stereocenters. The maximum absolute atomic E-state index is 12.9. The lowest BCUT2D eigenvalue weighted by Gasteiger charge is -1.99. The zero-order valence-electron chi connectivity index (χ0n) is 10.2. The highest BCUT2D eigenvalue weighted by Crippen LogP contribution is 2.30. The quantitative estimate of drug-likeness (QED) is 0.662. The van der Waals surface area contributed by atoms with Crippen LogP contribution in [0.5, 0.6) is 0 Å². The maximum atomic E-state index is 12.9. The molecule has 1 amide bonds. The number of amides is 1. The van der Waals surface area contributed by atoms with Gasteiger partial charge in [-0.3, -0.25) is 4.79 Å². The van der Waals surface area contributed by atoms with E-state index in [-0.39, 0.29) is 16.4 Å². The van der Waals surface area contributed by atoms with Crippen LogP contribution in [-0.4, -0.2) is 20.4 Å². The Kier molecular flexibility index (Phi) is 3.54. The van der Waals surface area contributed by atoms with Crippen LogP contribution in [0.2, 0.25) is 0 Å². The number of benzene rings is 1. The van der Waals surface area contributed by atoms with Crippen molar-refractivity contribution in [2.75, 3.05) is 0 Å². The molecule has 0 spiro atoms. The summed E-state index contributed by atoms with van der Waals surface area (Å²) in [4.78, 5) is 12.2. The van der Waals surface area contributed by atoms with Crippen molar-refractivity contribution < 1.29 is 9.18 Å². The molecule has 2 aromatic rings. The summed E-state index contributed by atoms with van der Waals surface area (Å²) in [5, 5.41) is 6.87. The van der Waals surface area contributed by atoms with Crippen LogP contribution in [0.1, 0.15) is 5.56 Å². The van der Waals surface area contributed by atoms with Crippen LogP contribution in [-0.2, 0) is 4.79 Å². The van der Waals surface area contributed by atoms with E-state index >= 15 is 0 Å². The molecule has 1 aliphatic rings. The summed E-state index contributed by atoms with van der Waals surface area (Å²) in [6, 6.07) is 6.03. The van der Waals surface area contributed by atoms with Gasteiger partial charge < -0.3 is 5.32 Å². The number of carbonyl (C=O) groups excluding carboxylic acids is 1. The Hall–Kier alpha value is -1.73. The van der Waals surface area contributed by atoms with E-state index in [1.807, 2.05) is 0 Å². The largest absolute Gasteiger partial charge is 0.331 e. The minimum atomic E-state index is -0.290. The summed E-state index contributed by atoms with van der Waals surface area (Å²) in [6.07, 6.45) is 5.18. The Labute approximate surface area is 124 Å². The van der Waals surface area contributed by atoms with Crippen LogP contribution in [0.3, 0.4) is 0 Å². The molecule has 0 aliphatic carbocycles. The first kappa shape index (κ1) is 13.3. The second-order valence-corrected chi connectivity index (χ2v) is 6.16. The van der Waals surface area contributed by atoms with E-state index in [1.54, 1.807) is 35.3 Å². The number of nitrogens with one attached hydrogen (secondary N) is 1. The highest BCUT2D eigenvalue weighted by Gasteiger charge is 2.24. The Bertz CT molecular complexity index is 681. The van der Waals surface area contributed by atoms with Crippen molar-refractivity contribution in [3.05, 3.63) is 52.9 Å². The molecule has 1 fully saturated rings. The summed E-state index contributed by atoms with van der Waals surface area (Å²) < 4.78 is 14.3. The van der Waals surface area contributed by atoms with Crippen LogP contribution < -0.4 is 5.32 Å². The predicted octanol–water partition coefficient (Wildman–Crippen LogP) is 2.43. The van der Waals surface area contributed by atoms with Crippen molar-refractivity contribution in [2.45, 2.75) is 4.71 Å². The number of nitrogens with zero attached hydrogens (tertiary/aromatic N) is 2. The molecule has 1 saturated heterocycles. The second-order valence-electron chi connectivity index (χ2n) is 4.15. The van der Waals surface area contributed by atoms with Gasteiger partial charge in [0.1, 0.15) is 10.5 Å². The van der Waals surface area contributed by atoms with Crippen LogP contribution in [0.15, 0.2) is 41.6 Å². The van der Waals surface area contributed by atoms with Gasteiger partial charge in [0.15, 0.2) is 0 Å². The molecule has 2 heterocycles. The Morgan fingerprint density at radius 1 is 1.40 bits per heavy atom. The summed E-state index contributed by atoms with van der Waals surface area (Å²) in [5.74, 6) is -0.424. The minimum absolute atomic E-state index is 0.135. The number of thiol groups is 1. The molecule has 7 heteroatoms. The van der Waals surface area contributed by atoms with Crippen molar-refractivity contribution >= 4 is 36.4 Å². The van der Waals surface area contributed by atoms with Gasteiger partial charge in [-0.05, 0) is 30.3 Å². The molecule has 0 saturated carbocycles. The SMILES string of the molecule is O=C1NC(S)S/C1=C\c1cnn(-c2ccc(F)cc2)c1. The Balaban J connectivity index is 1.85. The standard InChI is InChI=1S/C13H10FN3OS2/c14-9-1-3-10(4-2-9)17-7-8(6-15-17)5-11-12(18)16-13(19)20-11/h1-7,13,19H,(H,16,18)/b11-5-. The third kappa shape index (κ3) is 2.73. The van der Waals surface area contributed by atoms with Crippen LogP contribution in [0.4, 0.5) is 4.39 Å². The van der Waals surface area contributed by atoms with Gasteiger partial charge in [-0.15, -0.1) is 12.6 Å². The minimum Gasteiger partial charge on any atom is -0.331 e. The molecule has 20 heavy (non-hydrogen) atoms. The predicted molar refractivity (Wildman–Crippen MR) is 80.0 cm³/mol. The summed E-state index contributed by atoms with van der Waals surface area (Å²) in [7, 11) is 0. The fourth-order valence-electron chi connectivity index (χ4n) is 1.78. The number of aromatic nitrogens is 2. The number of carbonyl (C=O) groups is 1. The highest BCUT2D eigenvalue weighted by atomic mass is 32.2. The van der Waals surface area contributed by atoms with Gasteiger partial charge in [0.25, 0.3) is 5.91 Å². The molecular weight excluding hydrogens is 297 g/mol. The Morgan fingerprint density at radius 2 is 2.15 bits per heavy atom. The zero-order valence-corrected chi connectivity index (χ0v) is 11.9. The molecule has 1 aromatic heterocycles. The molecule has 3 rings (SSSR count). The fourth-order valence-corrected chi connectivity index (χ4v) is 3.02. The summed E-state index contributed by atoms with van der Waals surface area (Å²) in [5.41, 5.74) is 1.56. The number of hydrogen-bond donors (Lipinski definition) is 2. The van der Waals surface area contributed by atoms with E-state index in [2.05, 4.69) is 23.0 Å². The summed E-state index contributed by atoms with van der Waals surface area (Å²) in [6.45, 7) is 0. The topological polar surface area (TPSA) is 46.9 Å². The molecule has 0 bridgehead atoms. The first-order valence-electron chi connectivity index (χ1n) is 5.80. The van der Waals surface area contributed by atoms with Gasteiger partial charge in [0.05, 0.1) is 16.8 Å². The number of thioether (sulfide) groups is 1. The van der Waals surface area contributed by atoms with Gasteiger partial charge in [-0.2, -0.15) is 5.10 Å². The van der Waals surface area contributed by atoms with Crippen LogP contribution >= 0.6 is 24.4 Å². The smallest absolute Gasteiger partial charge is 0.259 e. The number of rotatable bonds is 2. The van der Waals surface area contributed by atoms with Crippen molar-refractivity contribution in [3.63, 3.8) is 0 Å². The normalized spacial score (nSPS) is 20.4. The van der Waals surface area contributed by atoms with Crippen molar-refractivity contribution in [1.82, 2.24) is 15.1 Å². The Morgan fingerprint density at radius 3 is 2.80 bits per heavy atom. The summed E-state index contributed by atoms with van der Waals surface area (Å²) >= 11 is 5.54. The maximum Gasteiger partial charge on any atom is 0.259 e. The van der Waals surface area contributed by atoms with Gasteiger partial charge in [0.2, 0.25) is 0 Å². The molecular formula is C13H10FN3OS2. The van der Waals surface area contributed by atoms with E-state index in [9.17, 15) is 9.18 Å². The molecule has 4 nitrogen and oxygen atoms in total. The number of halogens is 1. The molecule has 0 radical (unpaired) electrons. The lowest BCUT2D eigenvalue weighted by atomic mass is 10.3. The molecule has 1 aliphatic heterocycles. The third-order valence-corrected chi connectivity index (χ3v) is 4.05. The van der Waals surface area contributed by atoms with E-state index < -0.39 is 0 Å². The lowest BCUT2D eigenvalue weighted by molar-refractivity contribution is -0.116. The molecule has 1 aromatic carbocycles. The molecule has 102 valence electrons.